The Hall–Kier alpha value is -1.83. The number of aromatic hydroxyl groups is 1. The van der Waals surface area contributed by atoms with Crippen molar-refractivity contribution in [2.24, 2.45) is 7.05 Å². The normalized spacial score (nSPS) is 12.2. The molecule has 0 aliphatic heterocycles. The zero-order chi connectivity index (χ0) is 19.9. The smallest absolute Gasteiger partial charge is 0.183 e. The van der Waals surface area contributed by atoms with Crippen molar-refractivity contribution < 1.29 is 13.5 Å². The molecule has 0 unspecified atom stereocenters. The number of benzene rings is 2. The van der Waals surface area contributed by atoms with E-state index in [0.717, 1.165) is 27.7 Å². The molecule has 0 fully saturated rings. The third kappa shape index (κ3) is 3.63. The Morgan fingerprint density at radius 1 is 1.19 bits per heavy atom. The van der Waals surface area contributed by atoms with Crippen molar-refractivity contribution in [2.75, 3.05) is 14.1 Å². The number of fused-ring (bicyclic) bond motifs is 1. The molecule has 0 saturated heterocycles. The quantitative estimate of drug-likeness (QED) is 0.637. The summed E-state index contributed by atoms with van der Waals surface area (Å²) in [6.45, 7) is 2.47. The lowest BCUT2D eigenvalue weighted by molar-refractivity contribution is 0.387. The van der Waals surface area contributed by atoms with Crippen LogP contribution in [0.25, 0.3) is 10.9 Å². The maximum atomic E-state index is 12.9. The highest BCUT2D eigenvalue weighted by atomic mass is 79.9. The second-order valence-electron chi connectivity index (χ2n) is 7.02. The van der Waals surface area contributed by atoms with E-state index in [1.54, 1.807) is 30.3 Å². The molecule has 2 aromatic carbocycles. The van der Waals surface area contributed by atoms with Crippen LogP contribution in [0.3, 0.4) is 0 Å². The van der Waals surface area contributed by atoms with E-state index in [-0.39, 0.29) is 11.5 Å². The Labute approximate surface area is 168 Å². The van der Waals surface area contributed by atoms with Crippen molar-refractivity contribution in [3.63, 3.8) is 0 Å². The SMILES string of the molecule is Cc1c(CS(=O)(=O)c2ccccc2)n(C)c2cc(Br)c(O)c(CN(C)C)c12. The predicted octanol–water partition coefficient (Wildman–Crippen LogP) is 3.99. The monoisotopic (exact) mass is 450 g/mol. The van der Waals surface area contributed by atoms with Gasteiger partial charge in [0, 0.05) is 35.8 Å². The van der Waals surface area contributed by atoms with E-state index in [9.17, 15) is 13.5 Å². The molecule has 0 bridgehead atoms. The molecule has 1 heterocycles. The van der Waals surface area contributed by atoms with Gasteiger partial charge in [0.15, 0.2) is 9.84 Å². The van der Waals surface area contributed by atoms with Gasteiger partial charge in [0.25, 0.3) is 0 Å². The number of halogens is 1. The number of hydrogen-bond acceptors (Lipinski definition) is 4. The number of rotatable bonds is 5. The van der Waals surface area contributed by atoms with Gasteiger partial charge in [-0.1, -0.05) is 18.2 Å². The Morgan fingerprint density at radius 3 is 2.41 bits per heavy atom. The number of aryl methyl sites for hydroxylation is 2. The molecule has 1 N–H and O–H groups in total. The second kappa shape index (κ2) is 7.30. The molecule has 0 amide bonds. The van der Waals surface area contributed by atoms with Crippen LogP contribution < -0.4 is 0 Å². The number of sulfone groups is 1. The number of nitrogens with zero attached hydrogens (tertiary/aromatic N) is 2. The van der Waals surface area contributed by atoms with Crippen molar-refractivity contribution in [2.45, 2.75) is 24.1 Å². The van der Waals surface area contributed by atoms with Gasteiger partial charge >= 0.3 is 0 Å². The molecule has 3 rings (SSSR count). The summed E-state index contributed by atoms with van der Waals surface area (Å²) in [6, 6.07) is 10.3. The van der Waals surface area contributed by atoms with Gasteiger partial charge in [0.2, 0.25) is 0 Å². The van der Waals surface area contributed by atoms with E-state index in [4.69, 9.17) is 0 Å². The van der Waals surface area contributed by atoms with Crippen molar-refractivity contribution in [3.8, 4) is 5.75 Å². The van der Waals surface area contributed by atoms with Crippen LogP contribution in [0.15, 0.2) is 45.8 Å². The molecule has 27 heavy (non-hydrogen) atoms. The Morgan fingerprint density at radius 2 is 1.81 bits per heavy atom. The van der Waals surface area contributed by atoms with Crippen LogP contribution in [0.1, 0.15) is 16.8 Å². The lowest BCUT2D eigenvalue weighted by atomic mass is 10.0. The summed E-state index contributed by atoms with van der Waals surface area (Å²) in [6.07, 6.45) is 0. The van der Waals surface area contributed by atoms with Crippen LogP contribution in [-0.4, -0.2) is 37.1 Å². The topological polar surface area (TPSA) is 62.5 Å². The van der Waals surface area contributed by atoms with Gasteiger partial charge < -0.3 is 14.6 Å². The van der Waals surface area contributed by atoms with Gasteiger partial charge in [0.05, 0.1) is 15.1 Å². The minimum Gasteiger partial charge on any atom is -0.506 e. The zero-order valence-corrected chi connectivity index (χ0v) is 18.2. The number of aromatic nitrogens is 1. The number of hydrogen-bond donors (Lipinski definition) is 1. The number of phenols is 1. The standard InChI is InChI=1S/C20H23BrN2O3S/c1-13-18(12-27(25,26)14-8-6-5-7-9-14)23(4)17-10-16(21)20(24)15(19(13)17)11-22(2)3/h5-10,24H,11-12H2,1-4H3. The summed E-state index contributed by atoms with van der Waals surface area (Å²) in [5.41, 5.74) is 3.30. The van der Waals surface area contributed by atoms with Crippen molar-refractivity contribution in [1.29, 1.82) is 0 Å². The average molecular weight is 451 g/mol. The van der Waals surface area contributed by atoms with Crippen molar-refractivity contribution in [1.82, 2.24) is 9.47 Å². The molecule has 0 atom stereocenters. The van der Waals surface area contributed by atoms with Crippen LogP contribution in [0.2, 0.25) is 0 Å². The lowest BCUT2D eigenvalue weighted by Gasteiger charge is -2.14. The van der Waals surface area contributed by atoms with E-state index in [1.807, 2.05) is 43.6 Å². The first kappa shape index (κ1) is 19.9. The molecule has 144 valence electrons. The highest BCUT2D eigenvalue weighted by Crippen LogP contribution is 2.39. The van der Waals surface area contributed by atoms with E-state index >= 15 is 0 Å². The molecule has 0 aliphatic carbocycles. The average Bonchev–Trinajstić information content (AvgIpc) is 2.83. The van der Waals surface area contributed by atoms with Crippen LogP contribution >= 0.6 is 15.9 Å². The predicted molar refractivity (Wildman–Crippen MR) is 112 cm³/mol. The Balaban J connectivity index is 2.21. The molecule has 0 radical (unpaired) electrons. The first-order valence-corrected chi connectivity index (χ1v) is 11.0. The maximum Gasteiger partial charge on any atom is 0.183 e. The minimum absolute atomic E-state index is 0.0895. The van der Waals surface area contributed by atoms with Gasteiger partial charge in [-0.3, -0.25) is 0 Å². The molecule has 3 aromatic rings. The largest absolute Gasteiger partial charge is 0.506 e. The van der Waals surface area contributed by atoms with Crippen molar-refractivity contribution in [3.05, 3.63) is 57.7 Å². The Bertz CT molecular complexity index is 1100. The van der Waals surface area contributed by atoms with Crippen LogP contribution in [0.5, 0.6) is 5.75 Å². The molecule has 7 heteroatoms. The first-order chi connectivity index (χ1) is 12.6. The lowest BCUT2D eigenvalue weighted by Crippen LogP contribution is -2.11. The summed E-state index contributed by atoms with van der Waals surface area (Å²) < 4.78 is 28.3. The molecule has 0 spiro atoms. The van der Waals surface area contributed by atoms with Crippen molar-refractivity contribution >= 4 is 36.7 Å². The summed E-state index contributed by atoms with van der Waals surface area (Å²) >= 11 is 3.42. The number of phenolic OH excluding ortho intramolecular Hbond substituents is 1. The fourth-order valence-corrected chi connectivity index (χ4v) is 5.43. The van der Waals surface area contributed by atoms with Crippen LogP contribution in [0.4, 0.5) is 0 Å². The summed E-state index contributed by atoms with van der Waals surface area (Å²) in [7, 11) is 2.27. The minimum atomic E-state index is -3.47. The summed E-state index contributed by atoms with van der Waals surface area (Å²) in [5, 5.41) is 11.5. The fraction of sp³-hybridized carbons (Fsp3) is 0.300. The van der Waals surface area contributed by atoms with Crippen LogP contribution in [0, 0.1) is 6.92 Å². The van der Waals surface area contributed by atoms with Gasteiger partial charge in [0.1, 0.15) is 5.75 Å². The highest BCUT2D eigenvalue weighted by Gasteiger charge is 2.24. The fourth-order valence-electron chi connectivity index (χ4n) is 3.47. The maximum absolute atomic E-state index is 12.9. The Kier molecular flexibility index (Phi) is 5.38. The third-order valence-electron chi connectivity index (χ3n) is 4.81. The van der Waals surface area contributed by atoms with Gasteiger partial charge in [-0.05, 0) is 60.7 Å². The van der Waals surface area contributed by atoms with E-state index in [2.05, 4.69) is 15.9 Å². The molecule has 0 saturated carbocycles. The first-order valence-electron chi connectivity index (χ1n) is 8.54. The molecular weight excluding hydrogens is 428 g/mol. The van der Waals surface area contributed by atoms with E-state index in [1.165, 1.54) is 0 Å². The van der Waals surface area contributed by atoms with Gasteiger partial charge in [-0.15, -0.1) is 0 Å². The van der Waals surface area contributed by atoms with E-state index < -0.39 is 9.84 Å². The summed E-state index contributed by atoms with van der Waals surface area (Å²) in [4.78, 5) is 2.29. The molecule has 1 aromatic heterocycles. The highest BCUT2D eigenvalue weighted by molar-refractivity contribution is 9.10. The third-order valence-corrected chi connectivity index (χ3v) is 7.06. The second-order valence-corrected chi connectivity index (χ2v) is 9.86. The van der Waals surface area contributed by atoms with Crippen LogP contribution in [-0.2, 0) is 29.2 Å². The van der Waals surface area contributed by atoms with E-state index in [0.29, 0.717) is 15.9 Å². The molecule has 5 nitrogen and oxygen atoms in total. The zero-order valence-electron chi connectivity index (χ0n) is 15.8. The van der Waals surface area contributed by atoms with Gasteiger partial charge in [-0.2, -0.15) is 0 Å². The summed E-state index contributed by atoms with van der Waals surface area (Å²) in [5.74, 6) is 0.107. The molecule has 0 aliphatic rings. The van der Waals surface area contributed by atoms with Gasteiger partial charge in [-0.25, -0.2) is 8.42 Å². The molecular formula is C20H23BrN2O3S.